The Balaban J connectivity index is 1.92. The van der Waals surface area contributed by atoms with E-state index >= 15 is 0 Å². The predicted molar refractivity (Wildman–Crippen MR) is 53.4 cm³/mol. The molecule has 1 aliphatic heterocycles. The van der Waals surface area contributed by atoms with E-state index in [4.69, 9.17) is 0 Å². The quantitative estimate of drug-likeness (QED) is 0.609. The number of amides is 1. The Hall–Kier alpha value is -0.990. The van der Waals surface area contributed by atoms with Crippen molar-refractivity contribution in [3.63, 3.8) is 0 Å². The maximum absolute atomic E-state index is 11.8. The van der Waals surface area contributed by atoms with Crippen LogP contribution in [-0.2, 0) is 4.79 Å². The molecule has 1 heterocycles. The van der Waals surface area contributed by atoms with Crippen LogP contribution in [0.5, 0.6) is 0 Å². The summed E-state index contributed by atoms with van der Waals surface area (Å²) in [7, 11) is 0. The molecule has 0 unspecified atom stereocenters. The molecule has 0 saturated heterocycles. The second-order valence-electron chi connectivity index (χ2n) is 4.68. The van der Waals surface area contributed by atoms with E-state index < -0.39 is 0 Å². The van der Waals surface area contributed by atoms with Gasteiger partial charge < -0.3 is 10.6 Å². The molecule has 0 aromatic heterocycles. The van der Waals surface area contributed by atoms with E-state index in [-0.39, 0.29) is 11.6 Å². The highest BCUT2D eigenvalue weighted by atomic mass is 16.2. The van der Waals surface area contributed by atoms with E-state index in [0.29, 0.717) is 0 Å². The van der Waals surface area contributed by atoms with Crippen molar-refractivity contribution in [1.82, 2.24) is 10.6 Å². The van der Waals surface area contributed by atoms with Crippen LogP contribution in [0.25, 0.3) is 0 Å². The van der Waals surface area contributed by atoms with Gasteiger partial charge in [0.15, 0.2) is 0 Å². The first-order chi connectivity index (χ1) is 6.79. The topological polar surface area (TPSA) is 41.1 Å². The van der Waals surface area contributed by atoms with Gasteiger partial charge in [0, 0.05) is 11.3 Å². The fraction of sp³-hybridized carbons (Fsp3) is 0.727. The Morgan fingerprint density at radius 2 is 1.79 bits per heavy atom. The van der Waals surface area contributed by atoms with Crippen molar-refractivity contribution in [2.24, 2.45) is 0 Å². The molecule has 76 valence electrons. The van der Waals surface area contributed by atoms with E-state index in [1.807, 2.05) is 0 Å². The summed E-state index contributed by atoms with van der Waals surface area (Å²) >= 11 is 0. The summed E-state index contributed by atoms with van der Waals surface area (Å²) in [6.07, 6.45) is 7.83. The summed E-state index contributed by atoms with van der Waals surface area (Å²) < 4.78 is 0. The number of hydrogen-bond donors (Lipinski definition) is 2. The SMILES string of the molecule is O=C1NC2(CCCC2)NC2=C1CCC2. The van der Waals surface area contributed by atoms with Gasteiger partial charge in [0.2, 0.25) is 0 Å². The average molecular weight is 192 g/mol. The maximum Gasteiger partial charge on any atom is 0.250 e. The van der Waals surface area contributed by atoms with E-state index in [2.05, 4.69) is 10.6 Å². The zero-order chi connectivity index (χ0) is 9.60. The summed E-state index contributed by atoms with van der Waals surface area (Å²) in [5.74, 6) is 0.193. The summed E-state index contributed by atoms with van der Waals surface area (Å²) in [6, 6.07) is 0. The van der Waals surface area contributed by atoms with Gasteiger partial charge in [-0.15, -0.1) is 0 Å². The lowest BCUT2D eigenvalue weighted by Gasteiger charge is -2.37. The van der Waals surface area contributed by atoms with Gasteiger partial charge in [-0.05, 0) is 44.9 Å². The molecule has 0 aromatic carbocycles. The maximum atomic E-state index is 11.8. The Morgan fingerprint density at radius 1 is 1.00 bits per heavy atom. The van der Waals surface area contributed by atoms with Crippen LogP contribution in [0.15, 0.2) is 11.3 Å². The highest BCUT2D eigenvalue weighted by molar-refractivity contribution is 5.96. The Kier molecular flexibility index (Phi) is 1.64. The van der Waals surface area contributed by atoms with Crippen molar-refractivity contribution in [1.29, 1.82) is 0 Å². The van der Waals surface area contributed by atoms with Crippen LogP contribution in [0.1, 0.15) is 44.9 Å². The fourth-order valence-electron chi connectivity index (χ4n) is 2.97. The molecule has 2 N–H and O–H groups in total. The largest absolute Gasteiger partial charge is 0.366 e. The first-order valence-electron chi connectivity index (χ1n) is 5.62. The van der Waals surface area contributed by atoms with Crippen LogP contribution in [0.4, 0.5) is 0 Å². The van der Waals surface area contributed by atoms with Crippen molar-refractivity contribution in [3.8, 4) is 0 Å². The standard InChI is InChI=1S/C11H16N2O/c14-10-8-4-3-5-9(8)12-11(13-10)6-1-2-7-11/h12H,1-7H2,(H,13,14). The Labute approximate surface area is 83.9 Å². The molecule has 3 rings (SSSR count). The van der Waals surface area contributed by atoms with Gasteiger partial charge in [0.1, 0.15) is 5.66 Å². The van der Waals surface area contributed by atoms with Gasteiger partial charge >= 0.3 is 0 Å². The number of hydrogen-bond acceptors (Lipinski definition) is 2. The van der Waals surface area contributed by atoms with Crippen LogP contribution < -0.4 is 10.6 Å². The van der Waals surface area contributed by atoms with E-state index in [1.54, 1.807) is 0 Å². The normalized spacial score (nSPS) is 29.0. The molecule has 1 fully saturated rings. The molecule has 1 amide bonds. The third-order valence-electron chi connectivity index (χ3n) is 3.69. The van der Waals surface area contributed by atoms with Crippen LogP contribution in [0, 0.1) is 0 Å². The predicted octanol–water partition coefficient (Wildman–Crippen LogP) is 1.41. The number of nitrogens with one attached hydrogen (secondary N) is 2. The van der Waals surface area contributed by atoms with Gasteiger partial charge in [-0.25, -0.2) is 0 Å². The lowest BCUT2D eigenvalue weighted by Crippen LogP contribution is -2.59. The zero-order valence-electron chi connectivity index (χ0n) is 8.36. The summed E-state index contributed by atoms with van der Waals surface area (Å²) in [4.78, 5) is 11.8. The van der Waals surface area contributed by atoms with Crippen LogP contribution in [-0.4, -0.2) is 11.6 Å². The molecule has 2 aliphatic carbocycles. The van der Waals surface area contributed by atoms with Crippen LogP contribution in [0.3, 0.4) is 0 Å². The van der Waals surface area contributed by atoms with Crippen LogP contribution >= 0.6 is 0 Å². The minimum atomic E-state index is -0.0692. The number of carbonyl (C=O) groups is 1. The monoisotopic (exact) mass is 192 g/mol. The molecule has 3 aliphatic rings. The molecule has 1 saturated carbocycles. The van der Waals surface area contributed by atoms with Crippen molar-refractivity contribution in [3.05, 3.63) is 11.3 Å². The van der Waals surface area contributed by atoms with Crippen molar-refractivity contribution >= 4 is 5.91 Å². The molecule has 0 radical (unpaired) electrons. The van der Waals surface area contributed by atoms with Crippen LogP contribution in [0.2, 0.25) is 0 Å². The second-order valence-corrected chi connectivity index (χ2v) is 4.68. The summed E-state index contributed by atoms with van der Waals surface area (Å²) in [5, 5.41) is 6.72. The highest BCUT2D eigenvalue weighted by Gasteiger charge is 2.41. The molecular formula is C11H16N2O. The second kappa shape index (κ2) is 2.75. The number of rotatable bonds is 0. The number of carbonyl (C=O) groups excluding carboxylic acids is 1. The van der Waals surface area contributed by atoms with Gasteiger partial charge in [-0.1, -0.05) is 0 Å². The van der Waals surface area contributed by atoms with Crippen molar-refractivity contribution in [2.75, 3.05) is 0 Å². The average Bonchev–Trinajstić information content (AvgIpc) is 2.75. The van der Waals surface area contributed by atoms with E-state index in [9.17, 15) is 4.79 Å². The van der Waals surface area contributed by atoms with Gasteiger partial charge in [-0.2, -0.15) is 0 Å². The van der Waals surface area contributed by atoms with Gasteiger partial charge in [0.25, 0.3) is 5.91 Å². The molecule has 14 heavy (non-hydrogen) atoms. The molecule has 0 bridgehead atoms. The third kappa shape index (κ3) is 1.08. The van der Waals surface area contributed by atoms with Crippen molar-refractivity contribution in [2.45, 2.75) is 50.6 Å². The third-order valence-corrected chi connectivity index (χ3v) is 3.69. The summed E-state index contributed by atoms with van der Waals surface area (Å²) in [5.41, 5.74) is 2.18. The molecule has 1 spiro atoms. The Bertz CT molecular complexity index is 313. The molecule has 0 atom stereocenters. The lowest BCUT2D eigenvalue weighted by molar-refractivity contribution is -0.120. The molecule has 3 nitrogen and oxygen atoms in total. The summed E-state index contributed by atoms with van der Waals surface area (Å²) in [6.45, 7) is 0. The molecular weight excluding hydrogens is 176 g/mol. The molecule has 0 aromatic rings. The number of allylic oxidation sites excluding steroid dienone is 1. The van der Waals surface area contributed by atoms with Gasteiger partial charge in [0.05, 0.1) is 0 Å². The zero-order valence-corrected chi connectivity index (χ0v) is 8.36. The minimum absolute atomic E-state index is 0.0692. The first kappa shape index (κ1) is 8.33. The molecule has 3 heteroatoms. The smallest absolute Gasteiger partial charge is 0.250 e. The first-order valence-corrected chi connectivity index (χ1v) is 5.62. The van der Waals surface area contributed by atoms with Crippen molar-refractivity contribution < 1.29 is 4.79 Å². The van der Waals surface area contributed by atoms with Gasteiger partial charge in [-0.3, -0.25) is 4.79 Å². The minimum Gasteiger partial charge on any atom is -0.366 e. The lowest BCUT2D eigenvalue weighted by atomic mass is 10.0. The fourth-order valence-corrected chi connectivity index (χ4v) is 2.97. The Morgan fingerprint density at radius 3 is 2.57 bits per heavy atom. The van der Waals surface area contributed by atoms with E-state index in [1.165, 1.54) is 18.5 Å². The highest BCUT2D eigenvalue weighted by Crippen LogP contribution is 2.35. The van der Waals surface area contributed by atoms with E-state index in [0.717, 1.165) is 37.7 Å².